The fourth-order valence-corrected chi connectivity index (χ4v) is 6.62. The van der Waals surface area contributed by atoms with Crippen LogP contribution in [0.1, 0.15) is 58.8 Å². The summed E-state index contributed by atoms with van der Waals surface area (Å²) in [5.74, 6) is 1.85. The molecule has 126 valence electrons. The number of hydrogen-bond acceptors (Lipinski definition) is 3. The summed E-state index contributed by atoms with van der Waals surface area (Å²) < 4.78 is 0. The molecule has 6 atom stereocenters. The Morgan fingerprint density at radius 2 is 1.96 bits per heavy atom. The average molecular weight is 316 g/mol. The zero-order valence-corrected chi connectivity index (χ0v) is 14.2. The third-order valence-corrected chi connectivity index (χ3v) is 8.02. The Morgan fingerprint density at radius 3 is 2.70 bits per heavy atom. The average Bonchev–Trinajstić information content (AvgIpc) is 2.83. The predicted molar refractivity (Wildman–Crippen MR) is 88.8 cm³/mol. The van der Waals surface area contributed by atoms with Gasteiger partial charge in [0.1, 0.15) is 0 Å². The van der Waals surface area contributed by atoms with Crippen LogP contribution in [0.3, 0.4) is 0 Å². The minimum atomic E-state index is -0.140. The molecule has 0 aliphatic heterocycles. The second kappa shape index (κ2) is 4.95. The molecule has 0 spiro atoms. The second-order valence-electron chi connectivity index (χ2n) is 8.84. The Bertz CT molecular complexity index is 604. The van der Waals surface area contributed by atoms with Gasteiger partial charge in [0.25, 0.3) is 0 Å². The van der Waals surface area contributed by atoms with Crippen LogP contribution in [0.5, 0.6) is 0 Å². The van der Waals surface area contributed by atoms with Gasteiger partial charge in [-0.1, -0.05) is 19.4 Å². The third kappa shape index (κ3) is 1.95. The van der Waals surface area contributed by atoms with Crippen LogP contribution in [0.25, 0.3) is 0 Å². The number of ketones is 1. The van der Waals surface area contributed by atoms with E-state index in [2.05, 4.69) is 13.8 Å². The van der Waals surface area contributed by atoms with Crippen LogP contribution in [0, 0.1) is 28.6 Å². The van der Waals surface area contributed by atoms with Crippen molar-refractivity contribution in [2.45, 2.75) is 64.9 Å². The fourth-order valence-electron chi connectivity index (χ4n) is 6.62. The quantitative estimate of drug-likeness (QED) is 0.526. The van der Waals surface area contributed by atoms with Gasteiger partial charge in [0.2, 0.25) is 0 Å². The topological polar surface area (TPSA) is 57.5 Å². The lowest BCUT2D eigenvalue weighted by Crippen LogP contribution is -2.51. The molecular formula is C20H28O3. The van der Waals surface area contributed by atoms with Crippen LogP contribution in [-0.4, -0.2) is 22.1 Å². The van der Waals surface area contributed by atoms with Crippen molar-refractivity contribution in [3.8, 4) is 0 Å². The van der Waals surface area contributed by atoms with Crippen LogP contribution in [-0.2, 0) is 4.79 Å². The number of hydrogen-bond donors (Lipinski definition) is 2. The van der Waals surface area contributed by atoms with Crippen molar-refractivity contribution < 1.29 is 15.0 Å². The van der Waals surface area contributed by atoms with E-state index in [1.54, 1.807) is 6.08 Å². The van der Waals surface area contributed by atoms with Crippen LogP contribution < -0.4 is 0 Å². The summed E-state index contributed by atoms with van der Waals surface area (Å²) in [6, 6.07) is 0. The van der Waals surface area contributed by atoms with Gasteiger partial charge in [0.15, 0.2) is 5.78 Å². The summed E-state index contributed by atoms with van der Waals surface area (Å²) in [7, 11) is 0. The molecule has 0 aromatic rings. The molecule has 0 unspecified atom stereocenters. The summed E-state index contributed by atoms with van der Waals surface area (Å²) >= 11 is 0. The smallest absolute Gasteiger partial charge is 0.184 e. The molecule has 23 heavy (non-hydrogen) atoms. The van der Waals surface area contributed by atoms with Crippen LogP contribution >= 0.6 is 0 Å². The highest BCUT2D eigenvalue weighted by molar-refractivity contribution is 6.05. The normalized spacial score (nSPS) is 51.0. The summed E-state index contributed by atoms with van der Waals surface area (Å²) in [6.07, 6.45) is 9.86. The Labute approximate surface area is 138 Å². The van der Waals surface area contributed by atoms with Gasteiger partial charge in [-0.15, -0.1) is 0 Å². The van der Waals surface area contributed by atoms with Crippen molar-refractivity contribution in [2.24, 2.45) is 28.6 Å². The maximum absolute atomic E-state index is 12.1. The molecule has 0 heterocycles. The Kier molecular flexibility index (Phi) is 3.32. The number of rotatable bonds is 0. The van der Waals surface area contributed by atoms with Crippen molar-refractivity contribution in [1.29, 1.82) is 0 Å². The molecule has 3 saturated carbocycles. The highest BCUT2D eigenvalue weighted by atomic mass is 16.3. The summed E-state index contributed by atoms with van der Waals surface area (Å²) in [6.45, 7) is 4.60. The predicted octanol–water partition coefficient (Wildman–Crippen LogP) is 3.93. The molecule has 3 heteroatoms. The van der Waals surface area contributed by atoms with E-state index in [1.165, 1.54) is 5.57 Å². The molecule has 0 radical (unpaired) electrons. The fraction of sp³-hybridized carbons (Fsp3) is 0.750. The Balaban J connectivity index is 1.71. The van der Waals surface area contributed by atoms with Crippen molar-refractivity contribution in [1.82, 2.24) is 0 Å². The number of aliphatic hydroxyl groups is 2. The molecule has 0 amide bonds. The van der Waals surface area contributed by atoms with E-state index in [9.17, 15) is 15.0 Å². The first kappa shape index (κ1) is 15.4. The maximum Gasteiger partial charge on any atom is 0.184 e. The van der Waals surface area contributed by atoms with Crippen molar-refractivity contribution >= 4 is 5.78 Å². The molecular weight excluding hydrogens is 288 g/mol. The first-order valence-corrected chi connectivity index (χ1v) is 9.17. The minimum absolute atomic E-state index is 0.00430. The van der Waals surface area contributed by atoms with Gasteiger partial charge in [0.05, 0.1) is 12.4 Å². The molecule has 2 N–H and O–H groups in total. The molecule has 3 fully saturated rings. The zero-order valence-electron chi connectivity index (χ0n) is 14.2. The molecule has 0 aromatic carbocycles. The van der Waals surface area contributed by atoms with Gasteiger partial charge in [-0.05, 0) is 79.6 Å². The van der Waals surface area contributed by atoms with Gasteiger partial charge in [0, 0.05) is 5.57 Å². The first-order valence-electron chi connectivity index (χ1n) is 9.17. The number of allylic oxidation sites excluding steroid dienone is 2. The molecule has 3 nitrogen and oxygen atoms in total. The summed E-state index contributed by atoms with van der Waals surface area (Å²) in [5, 5.41) is 19.9. The molecule has 4 rings (SSSR count). The Hall–Kier alpha value is -1.09. The molecule has 0 saturated heterocycles. The van der Waals surface area contributed by atoms with Gasteiger partial charge < -0.3 is 10.2 Å². The number of carbonyl (C=O) groups excluding carboxylic acids is 1. The van der Waals surface area contributed by atoms with Crippen LogP contribution in [0.4, 0.5) is 0 Å². The second-order valence-corrected chi connectivity index (χ2v) is 8.84. The lowest BCUT2D eigenvalue weighted by atomic mass is 9.47. The molecule has 4 aliphatic rings. The zero-order chi connectivity index (χ0) is 16.4. The lowest BCUT2D eigenvalue weighted by molar-refractivity contribution is -0.113. The van der Waals surface area contributed by atoms with E-state index in [0.29, 0.717) is 29.7 Å². The molecule has 0 aromatic heterocycles. The number of fused-ring (bicyclic) bond motifs is 5. The highest BCUT2D eigenvalue weighted by Gasteiger charge is 2.59. The van der Waals surface area contributed by atoms with Crippen LogP contribution in [0.15, 0.2) is 23.5 Å². The van der Waals surface area contributed by atoms with Crippen LogP contribution in [0.2, 0.25) is 0 Å². The monoisotopic (exact) mass is 316 g/mol. The van der Waals surface area contributed by atoms with E-state index in [-0.39, 0.29) is 22.7 Å². The van der Waals surface area contributed by atoms with Gasteiger partial charge in [-0.3, -0.25) is 4.79 Å². The maximum atomic E-state index is 12.1. The Morgan fingerprint density at radius 1 is 1.17 bits per heavy atom. The molecule has 0 bridgehead atoms. The van der Waals surface area contributed by atoms with Crippen molar-refractivity contribution in [2.75, 3.05) is 0 Å². The standard InChI is InChI=1S/C20H28O3/c1-19-8-7-16-14(15(19)5-6-18(19)23)4-3-13-9-17(22)12(11-21)10-20(13,16)2/h9,11,14-16,18,21,23H,3-8,10H2,1-2H3/t14-,15-,16-,18-,19-,20-/m0/s1. The molecule has 4 aliphatic carbocycles. The highest BCUT2D eigenvalue weighted by Crippen LogP contribution is 2.65. The van der Waals surface area contributed by atoms with Gasteiger partial charge in [-0.25, -0.2) is 0 Å². The number of carbonyl (C=O) groups is 1. The first-order chi connectivity index (χ1) is 10.9. The third-order valence-electron chi connectivity index (χ3n) is 8.02. The van der Waals surface area contributed by atoms with E-state index < -0.39 is 0 Å². The lowest BCUT2D eigenvalue weighted by Gasteiger charge is -2.57. The van der Waals surface area contributed by atoms with Gasteiger partial charge >= 0.3 is 0 Å². The van der Waals surface area contributed by atoms with Crippen molar-refractivity contribution in [3.05, 3.63) is 23.5 Å². The largest absolute Gasteiger partial charge is 0.515 e. The number of aliphatic hydroxyl groups excluding tert-OH is 2. The van der Waals surface area contributed by atoms with Gasteiger partial charge in [-0.2, -0.15) is 0 Å². The van der Waals surface area contributed by atoms with E-state index >= 15 is 0 Å². The SMILES string of the molecule is C[C@]12CC[C@H]3[C@@H](CCC4=CC(=O)C(=CO)C[C@@]43C)[C@@H]1CC[C@@H]2O. The van der Waals surface area contributed by atoms with Crippen molar-refractivity contribution in [3.63, 3.8) is 0 Å². The van der Waals surface area contributed by atoms with E-state index in [0.717, 1.165) is 44.8 Å². The summed E-state index contributed by atoms with van der Waals surface area (Å²) in [5.41, 5.74) is 1.98. The minimum Gasteiger partial charge on any atom is -0.515 e. The van der Waals surface area contributed by atoms with E-state index in [1.807, 2.05) is 0 Å². The summed E-state index contributed by atoms with van der Waals surface area (Å²) in [4.78, 5) is 12.1. The van der Waals surface area contributed by atoms with E-state index in [4.69, 9.17) is 0 Å².